The van der Waals surface area contributed by atoms with E-state index in [4.69, 9.17) is 20.3 Å². The van der Waals surface area contributed by atoms with Crippen molar-refractivity contribution >= 4 is 16.9 Å². The topological polar surface area (TPSA) is 86.7 Å². The van der Waals surface area contributed by atoms with Crippen LogP contribution in [0.3, 0.4) is 0 Å². The molecule has 22 heavy (non-hydrogen) atoms. The Morgan fingerprint density at radius 2 is 1.86 bits per heavy atom. The molecular weight excluding hydrogens is 284 g/mol. The average molecular weight is 306 g/mol. The van der Waals surface area contributed by atoms with E-state index in [1.54, 1.807) is 4.57 Å². The van der Waals surface area contributed by atoms with Gasteiger partial charge in [-0.2, -0.15) is 0 Å². The van der Waals surface area contributed by atoms with Crippen molar-refractivity contribution in [1.29, 1.82) is 0 Å². The van der Waals surface area contributed by atoms with Crippen LogP contribution in [0.15, 0.2) is 18.3 Å². The Hall–Kier alpha value is -2.21. The summed E-state index contributed by atoms with van der Waals surface area (Å²) in [6.45, 7) is 5.27. The fraction of sp³-hybridized carbons (Fsp3) is 0.438. The van der Waals surface area contributed by atoms with Crippen LogP contribution in [0, 0.1) is 0 Å². The molecule has 6 heteroatoms. The first-order chi connectivity index (χ1) is 10.6. The molecule has 0 aliphatic carbocycles. The zero-order valence-corrected chi connectivity index (χ0v) is 13.0. The molecular formula is C16H22N2O4. The number of ether oxygens (including phenoxy) is 2. The normalized spacial score (nSPS) is 10.9. The van der Waals surface area contributed by atoms with Crippen molar-refractivity contribution in [3.8, 4) is 11.5 Å². The predicted molar refractivity (Wildman–Crippen MR) is 84.7 cm³/mol. The lowest BCUT2D eigenvalue weighted by molar-refractivity contribution is -0.137. The lowest BCUT2D eigenvalue weighted by atomic mass is 10.1. The third-order valence-electron chi connectivity index (χ3n) is 3.35. The lowest BCUT2D eigenvalue weighted by Crippen LogP contribution is -2.07. The molecule has 1 aromatic heterocycles. The Kier molecular flexibility index (Phi) is 5.27. The minimum absolute atomic E-state index is 0.0966. The zero-order valence-electron chi connectivity index (χ0n) is 13.0. The molecule has 0 unspecified atom stereocenters. The Balaban J connectivity index is 2.61. The molecule has 2 rings (SSSR count). The fourth-order valence-electron chi connectivity index (χ4n) is 2.54. The summed E-state index contributed by atoms with van der Waals surface area (Å²) in [5.74, 6) is 0.409. The van der Waals surface area contributed by atoms with Gasteiger partial charge in [-0.25, -0.2) is 0 Å². The van der Waals surface area contributed by atoms with Gasteiger partial charge in [0.2, 0.25) is 0 Å². The smallest absolute Gasteiger partial charge is 0.323 e. The van der Waals surface area contributed by atoms with Gasteiger partial charge in [0, 0.05) is 17.6 Å². The summed E-state index contributed by atoms with van der Waals surface area (Å²) in [6.07, 6.45) is 2.53. The van der Waals surface area contributed by atoms with Crippen LogP contribution in [0.25, 0.3) is 10.9 Å². The molecule has 0 aliphatic rings. The van der Waals surface area contributed by atoms with Crippen LogP contribution < -0.4 is 15.2 Å². The van der Waals surface area contributed by atoms with Crippen LogP contribution in [0.4, 0.5) is 0 Å². The molecule has 0 bridgehead atoms. The molecule has 2 aromatic rings. The number of benzene rings is 1. The van der Waals surface area contributed by atoms with E-state index in [2.05, 4.69) is 0 Å². The minimum atomic E-state index is -0.886. The number of fused-ring (bicyclic) bond motifs is 1. The zero-order chi connectivity index (χ0) is 16.1. The minimum Gasteiger partial charge on any atom is -0.490 e. The monoisotopic (exact) mass is 306 g/mol. The third-order valence-corrected chi connectivity index (χ3v) is 3.35. The number of nitrogens with two attached hydrogens (primary N) is 1. The number of nitrogens with zero attached hydrogens (tertiary/aromatic N) is 1. The van der Waals surface area contributed by atoms with E-state index < -0.39 is 5.97 Å². The van der Waals surface area contributed by atoms with Gasteiger partial charge in [-0.1, -0.05) is 0 Å². The van der Waals surface area contributed by atoms with Crippen molar-refractivity contribution in [2.45, 2.75) is 26.8 Å². The lowest BCUT2D eigenvalue weighted by Gasteiger charge is -2.12. The molecule has 0 atom stereocenters. The first kappa shape index (κ1) is 16.2. The summed E-state index contributed by atoms with van der Waals surface area (Å²) < 4.78 is 13.0. The molecule has 6 nitrogen and oxygen atoms in total. The van der Waals surface area contributed by atoms with Gasteiger partial charge < -0.3 is 24.9 Å². The second kappa shape index (κ2) is 7.17. The second-order valence-corrected chi connectivity index (χ2v) is 4.90. The van der Waals surface area contributed by atoms with E-state index in [0.29, 0.717) is 37.7 Å². The maximum Gasteiger partial charge on any atom is 0.323 e. The van der Waals surface area contributed by atoms with Crippen LogP contribution >= 0.6 is 0 Å². The highest BCUT2D eigenvalue weighted by molar-refractivity contribution is 5.88. The van der Waals surface area contributed by atoms with Crippen LogP contribution in [-0.2, 0) is 17.8 Å². The maximum absolute atomic E-state index is 11.1. The van der Waals surface area contributed by atoms with Crippen molar-refractivity contribution in [2.24, 2.45) is 5.73 Å². The largest absolute Gasteiger partial charge is 0.490 e. The highest BCUT2D eigenvalue weighted by Gasteiger charge is 2.15. The van der Waals surface area contributed by atoms with Gasteiger partial charge in [0.25, 0.3) is 0 Å². The van der Waals surface area contributed by atoms with Gasteiger partial charge in [-0.05, 0) is 38.4 Å². The number of aromatic nitrogens is 1. The highest BCUT2D eigenvalue weighted by Crippen LogP contribution is 2.35. The Bertz CT molecular complexity index is 664. The van der Waals surface area contributed by atoms with Gasteiger partial charge in [0.1, 0.15) is 6.54 Å². The number of rotatable bonds is 8. The van der Waals surface area contributed by atoms with Crippen molar-refractivity contribution in [1.82, 2.24) is 4.57 Å². The molecule has 0 saturated heterocycles. The first-order valence-corrected chi connectivity index (χ1v) is 7.43. The van der Waals surface area contributed by atoms with Gasteiger partial charge in [-0.3, -0.25) is 4.79 Å². The van der Waals surface area contributed by atoms with Crippen LogP contribution in [0.2, 0.25) is 0 Å². The summed E-state index contributed by atoms with van der Waals surface area (Å²) in [6, 6.07) is 3.75. The molecule has 0 spiro atoms. The number of aliphatic carboxylic acids is 1. The Morgan fingerprint density at radius 1 is 1.23 bits per heavy atom. The van der Waals surface area contributed by atoms with E-state index in [1.165, 1.54) is 0 Å². The molecule has 0 radical (unpaired) electrons. The van der Waals surface area contributed by atoms with E-state index >= 15 is 0 Å². The van der Waals surface area contributed by atoms with E-state index in [9.17, 15) is 4.79 Å². The predicted octanol–water partition coefficient (Wildman–Crippen LogP) is 2.02. The first-order valence-electron chi connectivity index (χ1n) is 7.43. The van der Waals surface area contributed by atoms with Crippen LogP contribution in [0.5, 0.6) is 11.5 Å². The molecule has 0 amide bonds. The molecule has 120 valence electrons. The van der Waals surface area contributed by atoms with Gasteiger partial charge in [-0.15, -0.1) is 0 Å². The second-order valence-electron chi connectivity index (χ2n) is 4.90. The average Bonchev–Trinajstić information content (AvgIpc) is 2.77. The van der Waals surface area contributed by atoms with Gasteiger partial charge in [0.05, 0.1) is 18.7 Å². The SMILES string of the molecule is CCOc1cc2c(CCN)cn(CC(=O)O)c2cc1OCC. The summed E-state index contributed by atoms with van der Waals surface area (Å²) >= 11 is 0. The van der Waals surface area contributed by atoms with Crippen LogP contribution in [0.1, 0.15) is 19.4 Å². The summed E-state index contributed by atoms with van der Waals surface area (Å²) in [4.78, 5) is 11.1. The molecule has 1 heterocycles. The van der Waals surface area contributed by atoms with E-state index in [-0.39, 0.29) is 6.54 Å². The fourth-order valence-corrected chi connectivity index (χ4v) is 2.54. The standard InChI is InChI=1S/C16H22N2O4/c1-3-21-14-7-12-11(5-6-17)9-18(10-16(19)20)13(12)8-15(14)22-4-2/h7-9H,3-6,10,17H2,1-2H3,(H,19,20). The van der Waals surface area contributed by atoms with Crippen molar-refractivity contribution in [2.75, 3.05) is 19.8 Å². The van der Waals surface area contributed by atoms with Crippen molar-refractivity contribution in [3.63, 3.8) is 0 Å². The maximum atomic E-state index is 11.1. The molecule has 0 saturated carbocycles. The Labute approximate surface area is 129 Å². The highest BCUT2D eigenvalue weighted by atomic mass is 16.5. The Morgan fingerprint density at radius 3 is 2.41 bits per heavy atom. The molecule has 1 aromatic carbocycles. The van der Waals surface area contributed by atoms with E-state index in [1.807, 2.05) is 32.2 Å². The number of hydrogen-bond acceptors (Lipinski definition) is 4. The number of carboxylic acids is 1. The number of carboxylic acid groups (broad SMARTS) is 1. The van der Waals surface area contributed by atoms with E-state index in [0.717, 1.165) is 16.5 Å². The summed E-state index contributed by atoms with van der Waals surface area (Å²) in [5, 5.41) is 10.0. The molecule has 3 N–H and O–H groups in total. The third kappa shape index (κ3) is 3.33. The van der Waals surface area contributed by atoms with Crippen molar-refractivity contribution < 1.29 is 19.4 Å². The molecule has 0 aliphatic heterocycles. The summed E-state index contributed by atoms with van der Waals surface area (Å²) in [7, 11) is 0. The number of carbonyl (C=O) groups is 1. The summed E-state index contributed by atoms with van der Waals surface area (Å²) in [5.41, 5.74) is 7.49. The quantitative estimate of drug-likeness (QED) is 0.779. The van der Waals surface area contributed by atoms with Crippen molar-refractivity contribution in [3.05, 3.63) is 23.9 Å². The van der Waals surface area contributed by atoms with Crippen LogP contribution in [-0.4, -0.2) is 35.4 Å². The van der Waals surface area contributed by atoms with Gasteiger partial charge in [0.15, 0.2) is 11.5 Å². The number of hydrogen-bond donors (Lipinski definition) is 2. The van der Waals surface area contributed by atoms with Gasteiger partial charge >= 0.3 is 5.97 Å². The molecule has 0 fully saturated rings.